The number of carbonyl (C=O) groups excluding carboxylic acids is 1. The molecule has 0 saturated heterocycles. The van der Waals surface area contributed by atoms with Gasteiger partial charge in [-0.1, -0.05) is 26.7 Å². The first-order chi connectivity index (χ1) is 9.52. The third kappa shape index (κ3) is 7.88. The number of hydrogen-bond donors (Lipinski definition) is 0. The Labute approximate surface area is 122 Å². The van der Waals surface area contributed by atoms with E-state index in [0.717, 1.165) is 25.7 Å². The minimum absolute atomic E-state index is 0.161. The van der Waals surface area contributed by atoms with Gasteiger partial charge in [-0.05, 0) is 26.7 Å². The highest BCUT2D eigenvalue weighted by Gasteiger charge is 2.32. The molecule has 20 heavy (non-hydrogen) atoms. The van der Waals surface area contributed by atoms with Crippen molar-refractivity contribution in [3.05, 3.63) is 0 Å². The Bertz CT molecular complexity index is 293. The van der Waals surface area contributed by atoms with Crippen LogP contribution < -0.4 is 0 Å². The zero-order chi connectivity index (χ0) is 15.4. The first kappa shape index (κ1) is 19.4. The van der Waals surface area contributed by atoms with Crippen LogP contribution >= 0.6 is 7.82 Å². The summed E-state index contributed by atoms with van der Waals surface area (Å²) in [6.45, 7) is 8.95. The Hall–Kier alpha value is -0.580. The third-order valence-electron chi connectivity index (χ3n) is 2.59. The molecule has 120 valence electrons. The van der Waals surface area contributed by atoms with Crippen molar-refractivity contribution in [1.29, 1.82) is 0 Å². The van der Waals surface area contributed by atoms with Gasteiger partial charge in [0.15, 0.2) is 0 Å². The molecule has 0 N–H and O–H groups in total. The number of nitrogens with zero attached hydrogens (tertiary/aromatic N) is 1. The molecule has 0 aromatic heterocycles. The van der Waals surface area contributed by atoms with E-state index in [-0.39, 0.29) is 13.2 Å². The minimum Gasteiger partial charge on any atom is -0.353 e. The zero-order valence-electron chi connectivity index (χ0n) is 13.1. The van der Waals surface area contributed by atoms with E-state index in [2.05, 4.69) is 13.8 Å². The molecule has 0 radical (unpaired) electrons. The standard InChI is InChI=1S/C13H28NO5P/c1-5-9-11-14(12-10-6-2)13(15)19-20(16,17-7-3)18-8-4/h5-12H2,1-4H3. The van der Waals surface area contributed by atoms with Crippen molar-refractivity contribution in [2.75, 3.05) is 26.3 Å². The fourth-order valence-corrected chi connectivity index (χ4v) is 2.67. The van der Waals surface area contributed by atoms with Crippen LogP contribution in [0.2, 0.25) is 0 Å². The van der Waals surface area contributed by atoms with E-state index in [1.54, 1.807) is 18.7 Å². The SMILES string of the molecule is CCCCN(CCCC)C(=O)OP(=O)(OCC)OCC. The third-order valence-corrected chi connectivity index (χ3v) is 4.11. The number of rotatable bonds is 11. The van der Waals surface area contributed by atoms with E-state index in [0.29, 0.717) is 13.1 Å². The van der Waals surface area contributed by atoms with Crippen molar-refractivity contribution < 1.29 is 22.9 Å². The maximum absolute atomic E-state index is 12.2. The van der Waals surface area contributed by atoms with Gasteiger partial charge in [-0.25, -0.2) is 9.36 Å². The highest BCUT2D eigenvalue weighted by atomic mass is 31.2. The molecule has 0 fully saturated rings. The summed E-state index contributed by atoms with van der Waals surface area (Å²) in [6, 6.07) is 0. The summed E-state index contributed by atoms with van der Waals surface area (Å²) in [5.41, 5.74) is 0. The Balaban J connectivity index is 4.63. The maximum Gasteiger partial charge on any atom is 0.533 e. The van der Waals surface area contributed by atoms with Gasteiger partial charge in [0.05, 0.1) is 13.2 Å². The van der Waals surface area contributed by atoms with Crippen molar-refractivity contribution in [3.63, 3.8) is 0 Å². The second-order valence-corrected chi connectivity index (χ2v) is 5.93. The summed E-state index contributed by atoms with van der Waals surface area (Å²) in [7, 11) is -3.78. The van der Waals surface area contributed by atoms with Crippen molar-refractivity contribution in [1.82, 2.24) is 4.90 Å². The molecule has 6 nitrogen and oxygen atoms in total. The van der Waals surface area contributed by atoms with E-state index < -0.39 is 13.9 Å². The lowest BCUT2D eigenvalue weighted by Crippen LogP contribution is -2.33. The molecule has 0 spiro atoms. The van der Waals surface area contributed by atoms with Crippen molar-refractivity contribution in [3.8, 4) is 0 Å². The molecule has 0 unspecified atom stereocenters. The first-order valence-corrected chi connectivity index (χ1v) is 8.86. The molecule has 0 saturated carbocycles. The molecular weight excluding hydrogens is 281 g/mol. The number of carbonyl (C=O) groups is 1. The van der Waals surface area contributed by atoms with Gasteiger partial charge in [-0.15, -0.1) is 0 Å². The Morgan fingerprint density at radius 1 is 0.950 bits per heavy atom. The van der Waals surface area contributed by atoms with Crippen molar-refractivity contribution >= 4 is 13.9 Å². The summed E-state index contributed by atoms with van der Waals surface area (Å²) in [4.78, 5) is 13.7. The summed E-state index contributed by atoms with van der Waals surface area (Å²) < 4.78 is 27.1. The smallest absolute Gasteiger partial charge is 0.353 e. The molecule has 1 amide bonds. The number of amides is 1. The first-order valence-electron chi connectivity index (χ1n) is 7.40. The molecule has 0 aliphatic heterocycles. The van der Waals surface area contributed by atoms with E-state index >= 15 is 0 Å². The van der Waals surface area contributed by atoms with Gasteiger partial charge in [0.25, 0.3) is 0 Å². The number of phosphoric acid groups is 1. The van der Waals surface area contributed by atoms with Gasteiger partial charge in [0.2, 0.25) is 0 Å². The summed E-state index contributed by atoms with van der Waals surface area (Å²) in [5, 5.41) is 0. The summed E-state index contributed by atoms with van der Waals surface area (Å²) >= 11 is 0. The minimum atomic E-state index is -3.78. The average Bonchev–Trinajstić information content (AvgIpc) is 2.39. The Morgan fingerprint density at radius 2 is 1.40 bits per heavy atom. The van der Waals surface area contributed by atoms with Gasteiger partial charge in [0.1, 0.15) is 0 Å². The van der Waals surface area contributed by atoms with Gasteiger partial charge >= 0.3 is 13.9 Å². The summed E-state index contributed by atoms with van der Waals surface area (Å²) in [5.74, 6) is 0. The van der Waals surface area contributed by atoms with E-state index in [4.69, 9.17) is 13.6 Å². The second kappa shape index (κ2) is 11.1. The Morgan fingerprint density at radius 3 is 1.75 bits per heavy atom. The topological polar surface area (TPSA) is 65.1 Å². The lowest BCUT2D eigenvalue weighted by atomic mass is 10.3. The number of hydrogen-bond acceptors (Lipinski definition) is 5. The zero-order valence-corrected chi connectivity index (χ0v) is 14.0. The van der Waals surface area contributed by atoms with Crippen molar-refractivity contribution in [2.45, 2.75) is 53.4 Å². The summed E-state index contributed by atoms with van der Waals surface area (Å²) in [6.07, 6.45) is 3.09. The lowest BCUT2D eigenvalue weighted by molar-refractivity contribution is 0.106. The van der Waals surface area contributed by atoms with Crippen LogP contribution in [0.3, 0.4) is 0 Å². The van der Waals surface area contributed by atoms with Crippen LogP contribution in [0.5, 0.6) is 0 Å². The quantitative estimate of drug-likeness (QED) is 0.535. The van der Waals surface area contributed by atoms with Crippen LogP contribution in [0.15, 0.2) is 0 Å². The molecule has 0 rings (SSSR count). The predicted molar refractivity (Wildman–Crippen MR) is 78.7 cm³/mol. The normalized spacial score (nSPS) is 11.4. The molecule has 0 bridgehead atoms. The molecule has 0 heterocycles. The van der Waals surface area contributed by atoms with Gasteiger partial charge in [0, 0.05) is 13.1 Å². The fourth-order valence-electron chi connectivity index (χ4n) is 1.55. The van der Waals surface area contributed by atoms with Gasteiger partial charge < -0.3 is 9.42 Å². The fraction of sp³-hybridized carbons (Fsp3) is 0.923. The molecule has 7 heteroatoms. The van der Waals surface area contributed by atoms with Crippen LogP contribution in [-0.2, 0) is 18.1 Å². The lowest BCUT2D eigenvalue weighted by Gasteiger charge is -2.24. The van der Waals surface area contributed by atoms with Crippen LogP contribution in [0.4, 0.5) is 4.79 Å². The van der Waals surface area contributed by atoms with Crippen LogP contribution in [0, 0.1) is 0 Å². The molecule has 0 aliphatic carbocycles. The number of unbranched alkanes of at least 4 members (excludes halogenated alkanes) is 2. The molecular formula is C13H28NO5P. The largest absolute Gasteiger partial charge is 0.533 e. The van der Waals surface area contributed by atoms with Gasteiger partial charge in [-0.2, -0.15) is 0 Å². The monoisotopic (exact) mass is 309 g/mol. The second-order valence-electron chi connectivity index (χ2n) is 4.33. The highest BCUT2D eigenvalue weighted by Crippen LogP contribution is 2.49. The highest BCUT2D eigenvalue weighted by molar-refractivity contribution is 7.49. The predicted octanol–water partition coefficient (Wildman–Crippen LogP) is 4.21. The molecule has 0 atom stereocenters. The average molecular weight is 309 g/mol. The van der Waals surface area contributed by atoms with E-state index in [1.165, 1.54) is 0 Å². The number of phosphoric ester groups is 1. The van der Waals surface area contributed by atoms with E-state index in [1.807, 2.05) is 0 Å². The van der Waals surface area contributed by atoms with Crippen molar-refractivity contribution in [2.24, 2.45) is 0 Å². The van der Waals surface area contributed by atoms with E-state index in [9.17, 15) is 9.36 Å². The van der Waals surface area contributed by atoms with Gasteiger partial charge in [-0.3, -0.25) is 9.05 Å². The van der Waals surface area contributed by atoms with Crippen LogP contribution in [-0.4, -0.2) is 37.3 Å². The molecule has 0 aromatic rings. The molecule has 0 aromatic carbocycles. The maximum atomic E-state index is 12.2. The van der Waals surface area contributed by atoms with Crippen LogP contribution in [0.1, 0.15) is 53.4 Å². The van der Waals surface area contributed by atoms with Crippen LogP contribution in [0.25, 0.3) is 0 Å². The molecule has 0 aliphatic rings. The Kier molecular flexibility index (Phi) is 10.8.